The van der Waals surface area contributed by atoms with E-state index in [2.05, 4.69) is 20.7 Å². The van der Waals surface area contributed by atoms with E-state index >= 15 is 0 Å². The van der Waals surface area contributed by atoms with Gasteiger partial charge in [0.15, 0.2) is 0 Å². The van der Waals surface area contributed by atoms with Gasteiger partial charge in [0.1, 0.15) is 0 Å². The fourth-order valence-corrected chi connectivity index (χ4v) is 4.41. The molecular weight excluding hydrogens is 356 g/mol. The molecule has 3 N–H and O–H groups in total. The van der Waals surface area contributed by atoms with Crippen LogP contribution in [0.5, 0.6) is 0 Å². The molecule has 1 fully saturated rings. The molecule has 0 spiro atoms. The minimum atomic E-state index is -3.53. The fourth-order valence-electron chi connectivity index (χ4n) is 2.41. The number of nitrogens with one attached hydrogen (secondary N) is 1. The van der Waals surface area contributed by atoms with E-state index in [0.29, 0.717) is 25.1 Å². The largest absolute Gasteiger partial charge is 0.378 e. The van der Waals surface area contributed by atoms with Crippen molar-refractivity contribution in [2.45, 2.75) is 43.7 Å². The molecule has 1 aliphatic heterocycles. The van der Waals surface area contributed by atoms with Gasteiger partial charge in [-0.15, -0.1) is 0 Å². The van der Waals surface area contributed by atoms with Gasteiger partial charge in [0.25, 0.3) is 0 Å². The Balaban J connectivity index is 2.09. The van der Waals surface area contributed by atoms with Gasteiger partial charge in [-0.2, -0.15) is 0 Å². The van der Waals surface area contributed by atoms with Crippen LogP contribution in [0.1, 0.15) is 30.4 Å². The third-order valence-electron chi connectivity index (χ3n) is 3.66. The highest BCUT2D eigenvalue weighted by atomic mass is 79.9. The molecule has 1 atom stereocenters. The van der Waals surface area contributed by atoms with Gasteiger partial charge in [0, 0.05) is 24.2 Å². The van der Waals surface area contributed by atoms with Gasteiger partial charge in [0.2, 0.25) is 10.0 Å². The van der Waals surface area contributed by atoms with Gasteiger partial charge >= 0.3 is 0 Å². The SMILES string of the molecule is Cc1c(Br)cc(CN)cc1S(=O)(=O)NCCC1CCCO1. The van der Waals surface area contributed by atoms with Gasteiger partial charge in [-0.1, -0.05) is 15.9 Å². The van der Waals surface area contributed by atoms with Gasteiger partial charge in [-0.05, 0) is 49.4 Å². The summed E-state index contributed by atoms with van der Waals surface area (Å²) < 4.78 is 33.8. The highest BCUT2D eigenvalue weighted by Gasteiger charge is 2.21. The Labute approximate surface area is 134 Å². The molecular formula is C14H21BrN2O3S. The third kappa shape index (κ3) is 4.26. The zero-order chi connectivity index (χ0) is 15.5. The summed E-state index contributed by atoms with van der Waals surface area (Å²) in [5, 5.41) is 0. The average Bonchev–Trinajstić information content (AvgIpc) is 2.94. The van der Waals surface area contributed by atoms with Crippen LogP contribution in [-0.2, 0) is 21.3 Å². The Morgan fingerprint density at radius 1 is 1.48 bits per heavy atom. The number of rotatable bonds is 6. The smallest absolute Gasteiger partial charge is 0.240 e. The van der Waals surface area contributed by atoms with Gasteiger partial charge in [0.05, 0.1) is 11.0 Å². The van der Waals surface area contributed by atoms with Gasteiger partial charge < -0.3 is 10.5 Å². The maximum Gasteiger partial charge on any atom is 0.240 e. The lowest BCUT2D eigenvalue weighted by Crippen LogP contribution is -2.28. The van der Waals surface area contributed by atoms with Crippen molar-refractivity contribution in [1.29, 1.82) is 0 Å². The molecule has 0 bridgehead atoms. The van der Waals surface area contributed by atoms with Crippen LogP contribution in [0.25, 0.3) is 0 Å². The first-order chi connectivity index (χ1) is 9.94. The molecule has 118 valence electrons. The third-order valence-corrected chi connectivity index (χ3v) is 6.07. The average molecular weight is 377 g/mol. The van der Waals surface area contributed by atoms with Crippen LogP contribution in [0, 0.1) is 6.92 Å². The van der Waals surface area contributed by atoms with Gasteiger partial charge in [-0.25, -0.2) is 13.1 Å². The number of benzene rings is 1. The van der Waals surface area contributed by atoms with E-state index < -0.39 is 10.0 Å². The Bertz CT molecular complexity index is 598. The molecule has 21 heavy (non-hydrogen) atoms. The van der Waals surface area contributed by atoms with Crippen molar-refractivity contribution in [2.75, 3.05) is 13.2 Å². The molecule has 5 nitrogen and oxygen atoms in total. The number of ether oxygens (including phenoxy) is 1. The molecule has 1 unspecified atom stereocenters. The summed E-state index contributed by atoms with van der Waals surface area (Å²) in [6.07, 6.45) is 2.95. The van der Waals surface area contributed by atoms with E-state index in [1.807, 2.05) is 6.07 Å². The summed E-state index contributed by atoms with van der Waals surface area (Å²) in [7, 11) is -3.53. The number of hydrogen-bond donors (Lipinski definition) is 2. The lowest BCUT2D eigenvalue weighted by Gasteiger charge is -2.14. The molecule has 1 aromatic carbocycles. The van der Waals surface area contributed by atoms with Crippen molar-refractivity contribution in [1.82, 2.24) is 4.72 Å². The number of halogens is 1. The first kappa shape index (κ1) is 16.9. The Hall–Kier alpha value is -0.470. The highest BCUT2D eigenvalue weighted by molar-refractivity contribution is 9.10. The van der Waals surface area contributed by atoms with E-state index in [0.717, 1.165) is 29.5 Å². The van der Waals surface area contributed by atoms with Crippen LogP contribution in [0.2, 0.25) is 0 Å². The number of sulfonamides is 1. The van der Waals surface area contributed by atoms with Crippen LogP contribution in [0.15, 0.2) is 21.5 Å². The fraction of sp³-hybridized carbons (Fsp3) is 0.571. The molecule has 1 saturated heterocycles. The molecule has 0 amide bonds. The number of nitrogens with two attached hydrogens (primary N) is 1. The van der Waals surface area contributed by atoms with E-state index in [-0.39, 0.29) is 11.0 Å². The molecule has 1 heterocycles. The summed E-state index contributed by atoms with van der Waals surface area (Å²) in [6, 6.07) is 3.48. The van der Waals surface area contributed by atoms with Crippen molar-refractivity contribution in [3.63, 3.8) is 0 Å². The molecule has 0 radical (unpaired) electrons. The normalized spacial score (nSPS) is 19.1. The molecule has 0 aromatic heterocycles. The lowest BCUT2D eigenvalue weighted by molar-refractivity contribution is 0.105. The number of hydrogen-bond acceptors (Lipinski definition) is 4. The molecule has 0 aliphatic carbocycles. The van der Waals surface area contributed by atoms with Crippen LogP contribution < -0.4 is 10.5 Å². The standard InChI is InChI=1S/C14H21BrN2O3S/c1-10-13(15)7-11(9-16)8-14(10)21(18,19)17-5-4-12-3-2-6-20-12/h7-8,12,17H,2-6,9,16H2,1H3. The zero-order valence-corrected chi connectivity index (χ0v) is 14.5. The summed E-state index contributed by atoms with van der Waals surface area (Å²) >= 11 is 3.38. The zero-order valence-electron chi connectivity index (χ0n) is 12.1. The van der Waals surface area contributed by atoms with Crippen LogP contribution in [0.3, 0.4) is 0 Å². The Kier molecular flexibility index (Phi) is 5.79. The van der Waals surface area contributed by atoms with Crippen molar-refractivity contribution >= 4 is 26.0 Å². The minimum Gasteiger partial charge on any atom is -0.378 e. The predicted octanol–water partition coefficient (Wildman–Crippen LogP) is 2.06. The summed E-state index contributed by atoms with van der Waals surface area (Å²) in [6.45, 7) is 3.25. The predicted molar refractivity (Wildman–Crippen MR) is 85.5 cm³/mol. The van der Waals surface area contributed by atoms with E-state index in [1.54, 1.807) is 13.0 Å². The van der Waals surface area contributed by atoms with Gasteiger partial charge in [-0.3, -0.25) is 0 Å². The minimum absolute atomic E-state index is 0.177. The van der Waals surface area contributed by atoms with Crippen molar-refractivity contribution in [3.05, 3.63) is 27.7 Å². The molecule has 1 aliphatic rings. The Morgan fingerprint density at radius 3 is 2.86 bits per heavy atom. The van der Waals surface area contributed by atoms with E-state index in [4.69, 9.17) is 10.5 Å². The molecule has 2 rings (SSSR count). The van der Waals surface area contributed by atoms with Crippen molar-refractivity contribution in [3.8, 4) is 0 Å². The van der Waals surface area contributed by atoms with E-state index in [1.165, 1.54) is 0 Å². The first-order valence-corrected chi connectivity index (χ1v) is 9.32. The second-order valence-corrected chi connectivity index (χ2v) is 7.82. The molecule has 1 aromatic rings. The maximum atomic E-state index is 12.4. The Morgan fingerprint density at radius 2 is 2.24 bits per heavy atom. The van der Waals surface area contributed by atoms with Crippen molar-refractivity contribution < 1.29 is 13.2 Å². The van der Waals surface area contributed by atoms with Crippen molar-refractivity contribution in [2.24, 2.45) is 5.73 Å². The second-order valence-electron chi connectivity index (χ2n) is 5.23. The summed E-state index contributed by atoms with van der Waals surface area (Å²) in [5.41, 5.74) is 7.09. The monoisotopic (exact) mass is 376 g/mol. The quantitative estimate of drug-likeness (QED) is 0.795. The second kappa shape index (κ2) is 7.19. The molecule has 0 saturated carbocycles. The van der Waals surface area contributed by atoms with E-state index in [9.17, 15) is 8.42 Å². The van der Waals surface area contributed by atoms with Crippen LogP contribution in [-0.4, -0.2) is 27.7 Å². The topological polar surface area (TPSA) is 81.4 Å². The molecule has 7 heteroatoms. The van der Waals surface area contributed by atoms with Crippen LogP contribution >= 0.6 is 15.9 Å². The summed E-state index contributed by atoms with van der Waals surface area (Å²) in [4.78, 5) is 0.282. The first-order valence-electron chi connectivity index (χ1n) is 7.04. The highest BCUT2D eigenvalue weighted by Crippen LogP contribution is 2.25. The lowest BCUT2D eigenvalue weighted by atomic mass is 10.1. The maximum absolute atomic E-state index is 12.4. The summed E-state index contributed by atoms with van der Waals surface area (Å²) in [5.74, 6) is 0. The van der Waals surface area contributed by atoms with Crippen LogP contribution in [0.4, 0.5) is 0 Å².